The number of amides is 1. The highest BCUT2D eigenvalue weighted by Crippen LogP contribution is 2.31. The molecule has 27 heavy (non-hydrogen) atoms. The van der Waals surface area contributed by atoms with Crippen molar-refractivity contribution in [3.05, 3.63) is 23.9 Å². The van der Waals surface area contributed by atoms with Crippen LogP contribution < -0.4 is 15.5 Å². The number of rotatable bonds is 4. The van der Waals surface area contributed by atoms with Gasteiger partial charge in [0.15, 0.2) is 0 Å². The fraction of sp³-hybridized carbons (Fsp3) is 0.600. The number of fused-ring (bicyclic) bond motifs is 4. The largest absolute Gasteiger partial charge is 0.370 e. The minimum absolute atomic E-state index is 0.0100. The number of carbonyl (C=O) groups is 1. The summed E-state index contributed by atoms with van der Waals surface area (Å²) in [5.41, 5.74) is 1.82. The molecule has 1 amide bonds. The van der Waals surface area contributed by atoms with E-state index in [1.165, 1.54) is 49.6 Å². The van der Waals surface area contributed by atoms with Crippen LogP contribution in [0.2, 0.25) is 0 Å². The fourth-order valence-corrected chi connectivity index (χ4v) is 5.69. The van der Waals surface area contributed by atoms with Gasteiger partial charge >= 0.3 is 0 Å². The molecule has 4 aliphatic rings. The van der Waals surface area contributed by atoms with Crippen LogP contribution in [-0.2, 0) is 0 Å². The molecule has 1 unspecified atom stereocenters. The molecule has 144 valence electrons. The Hall–Kier alpha value is -1.70. The van der Waals surface area contributed by atoms with Crippen molar-refractivity contribution in [3.63, 3.8) is 0 Å². The summed E-state index contributed by atoms with van der Waals surface area (Å²) in [5, 5.41) is 7.61. The summed E-state index contributed by atoms with van der Waals surface area (Å²) in [6, 6.07) is 7.24. The highest BCUT2D eigenvalue weighted by Gasteiger charge is 2.35. The molecule has 0 saturated carbocycles. The second-order valence-electron chi connectivity index (χ2n) is 8.15. The molecule has 4 saturated heterocycles. The minimum Gasteiger partial charge on any atom is -0.370 e. The molecule has 1 aromatic carbocycles. The number of anilines is 1. The highest BCUT2D eigenvalue weighted by molar-refractivity contribution is 7.13. The van der Waals surface area contributed by atoms with Gasteiger partial charge in [-0.1, -0.05) is 0 Å². The molecule has 6 rings (SSSR count). The maximum atomic E-state index is 12.9. The molecular formula is C20H27N5OS. The molecule has 2 bridgehead atoms. The van der Waals surface area contributed by atoms with Gasteiger partial charge in [0.2, 0.25) is 0 Å². The first-order valence-electron chi connectivity index (χ1n) is 10.1. The smallest absolute Gasteiger partial charge is 0.271 e. The third kappa shape index (κ3) is 3.22. The molecule has 6 nitrogen and oxygen atoms in total. The van der Waals surface area contributed by atoms with Crippen LogP contribution in [0.3, 0.4) is 0 Å². The van der Waals surface area contributed by atoms with Crippen LogP contribution in [0.4, 0.5) is 5.69 Å². The van der Waals surface area contributed by atoms with E-state index in [1.807, 2.05) is 7.05 Å². The zero-order valence-electron chi connectivity index (χ0n) is 15.8. The van der Waals surface area contributed by atoms with Gasteiger partial charge in [0, 0.05) is 42.8 Å². The van der Waals surface area contributed by atoms with Crippen LogP contribution in [0.15, 0.2) is 18.2 Å². The Kier molecular flexibility index (Phi) is 4.53. The van der Waals surface area contributed by atoms with E-state index in [0.29, 0.717) is 17.7 Å². The van der Waals surface area contributed by atoms with Crippen LogP contribution in [0.1, 0.15) is 29.8 Å². The second-order valence-corrected chi connectivity index (χ2v) is 8.95. The lowest BCUT2D eigenvalue weighted by Crippen LogP contribution is -2.57. The lowest BCUT2D eigenvalue weighted by atomic mass is 9.84. The van der Waals surface area contributed by atoms with Crippen molar-refractivity contribution in [2.24, 2.45) is 5.92 Å². The van der Waals surface area contributed by atoms with Gasteiger partial charge in [0.1, 0.15) is 5.69 Å². The summed E-state index contributed by atoms with van der Waals surface area (Å²) >= 11 is 1.44. The van der Waals surface area contributed by atoms with Crippen molar-refractivity contribution in [1.82, 2.24) is 19.9 Å². The van der Waals surface area contributed by atoms with Gasteiger partial charge in [-0.05, 0) is 75.0 Å². The third-order valence-electron chi connectivity index (χ3n) is 6.60. The van der Waals surface area contributed by atoms with Gasteiger partial charge in [-0.25, -0.2) is 0 Å². The number of carbonyl (C=O) groups excluding carboxylic acids is 1. The maximum Gasteiger partial charge on any atom is 0.271 e. The van der Waals surface area contributed by atoms with Crippen molar-refractivity contribution in [3.8, 4) is 0 Å². The van der Waals surface area contributed by atoms with E-state index in [1.54, 1.807) is 0 Å². The van der Waals surface area contributed by atoms with Crippen LogP contribution in [0, 0.1) is 5.92 Å². The molecule has 0 aliphatic carbocycles. The normalized spacial score (nSPS) is 30.2. The number of hydrogen-bond acceptors (Lipinski definition) is 6. The van der Waals surface area contributed by atoms with Gasteiger partial charge in [-0.15, -0.1) is 0 Å². The Balaban J connectivity index is 1.33. The van der Waals surface area contributed by atoms with Gasteiger partial charge < -0.3 is 20.4 Å². The predicted molar refractivity (Wildman–Crippen MR) is 110 cm³/mol. The zero-order chi connectivity index (χ0) is 18.4. The molecule has 0 radical (unpaired) electrons. The number of nitrogens with zero attached hydrogens (tertiary/aromatic N) is 3. The maximum absolute atomic E-state index is 12.9. The Morgan fingerprint density at radius 3 is 2.74 bits per heavy atom. The average Bonchev–Trinajstić information content (AvgIpc) is 3.35. The Morgan fingerprint density at radius 2 is 2.04 bits per heavy atom. The summed E-state index contributed by atoms with van der Waals surface area (Å²) in [6.07, 6.45) is 3.58. The summed E-state index contributed by atoms with van der Waals surface area (Å²) in [4.78, 5) is 17.8. The van der Waals surface area contributed by atoms with Crippen LogP contribution in [0.25, 0.3) is 10.1 Å². The van der Waals surface area contributed by atoms with Crippen LogP contribution >= 0.6 is 11.5 Å². The summed E-state index contributed by atoms with van der Waals surface area (Å²) in [5.74, 6) is 0.620. The molecule has 7 heteroatoms. The van der Waals surface area contributed by atoms with E-state index in [0.717, 1.165) is 29.7 Å². The van der Waals surface area contributed by atoms with E-state index in [2.05, 4.69) is 43.0 Å². The van der Waals surface area contributed by atoms with Gasteiger partial charge in [0.25, 0.3) is 5.91 Å². The van der Waals surface area contributed by atoms with Crippen molar-refractivity contribution in [2.75, 3.05) is 44.7 Å². The highest BCUT2D eigenvalue weighted by atomic mass is 32.1. The number of benzene rings is 1. The second kappa shape index (κ2) is 7.04. The van der Waals surface area contributed by atoms with E-state index in [9.17, 15) is 4.79 Å². The van der Waals surface area contributed by atoms with Crippen molar-refractivity contribution >= 4 is 33.2 Å². The Morgan fingerprint density at radius 1 is 1.19 bits per heavy atom. The molecule has 0 spiro atoms. The third-order valence-corrected chi connectivity index (χ3v) is 7.41. The van der Waals surface area contributed by atoms with Crippen molar-refractivity contribution in [1.29, 1.82) is 0 Å². The van der Waals surface area contributed by atoms with Gasteiger partial charge in [0.05, 0.1) is 4.70 Å². The molecular weight excluding hydrogens is 358 g/mol. The van der Waals surface area contributed by atoms with Crippen molar-refractivity contribution in [2.45, 2.75) is 31.3 Å². The molecule has 2 aromatic rings. The first kappa shape index (κ1) is 17.4. The number of hydrogen-bond donors (Lipinski definition) is 2. The van der Waals surface area contributed by atoms with Crippen LogP contribution in [0.5, 0.6) is 0 Å². The SMILES string of the molecule is CNC1CCN(c2ccc3c(C(=O)N[C@H]4CN5CCC4CC5)nsc3c2)C1. The van der Waals surface area contributed by atoms with Gasteiger partial charge in [-0.2, -0.15) is 4.37 Å². The molecule has 2 N–H and O–H groups in total. The van der Waals surface area contributed by atoms with E-state index in [-0.39, 0.29) is 11.9 Å². The predicted octanol–water partition coefficient (Wildman–Crippen LogP) is 1.92. The van der Waals surface area contributed by atoms with E-state index < -0.39 is 0 Å². The van der Waals surface area contributed by atoms with Gasteiger partial charge in [-0.3, -0.25) is 4.79 Å². The Labute approximate surface area is 164 Å². The lowest BCUT2D eigenvalue weighted by Gasteiger charge is -2.44. The number of piperidine rings is 3. The van der Waals surface area contributed by atoms with Crippen molar-refractivity contribution < 1.29 is 4.79 Å². The standard InChI is InChI=1S/C20H27N5OS/c1-21-14-6-9-25(11-14)15-2-3-16-18(10-15)27-23-19(16)20(26)22-17-12-24-7-4-13(17)5-8-24/h2-3,10,13-14,17,21H,4-9,11-12H2,1H3,(H,22,26)/t14?,17-/m0/s1. The molecule has 4 fully saturated rings. The molecule has 5 heterocycles. The quantitative estimate of drug-likeness (QED) is 0.842. The van der Waals surface area contributed by atoms with Crippen LogP contribution in [-0.4, -0.2) is 67.0 Å². The molecule has 4 aliphatic heterocycles. The minimum atomic E-state index is -0.0100. The monoisotopic (exact) mass is 385 g/mol. The topological polar surface area (TPSA) is 60.5 Å². The van der Waals surface area contributed by atoms with E-state index >= 15 is 0 Å². The zero-order valence-corrected chi connectivity index (χ0v) is 16.6. The first-order valence-corrected chi connectivity index (χ1v) is 10.8. The fourth-order valence-electron chi connectivity index (χ4n) is 4.88. The summed E-state index contributed by atoms with van der Waals surface area (Å²) in [7, 11) is 2.03. The molecule has 2 atom stereocenters. The average molecular weight is 386 g/mol. The molecule has 1 aromatic heterocycles. The lowest BCUT2D eigenvalue weighted by molar-refractivity contribution is 0.0619. The summed E-state index contributed by atoms with van der Waals surface area (Å²) < 4.78 is 5.60. The first-order chi connectivity index (χ1) is 13.2. The Bertz CT molecular complexity index is 844. The number of likely N-dealkylation sites (N-methyl/N-ethyl adjacent to an activating group) is 1. The number of aromatic nitrogens is 1. The van der Waals surface area contributed by atoms with E-state index in [4.69, 9.17) is 0 Å². The number of nitrogens with one attached hydrogen (secondary N) is 2. The summed E-state index contributed by atoms with van der Waals surface area (Å²) in [6.45, 7) is 5.47.